The van der Waals surface area contributed by atoms with E-state index in [9.17, 15) is 4.79 Å². The van der Waals surface area contributed by atoms with Crippen LogP contribution >= 0.6 is 35.1 Å². The number of benzene rings is 1. The van der Waals surface area contributed by atoms with Gasteiger partial charge in [-0.05, 0) is 50.6 Å². The summed E-state index contributed by atoms with van der Waals surface area (Å²) in [6.45, 7) is 4.34. The lowest BCUT2D eigenvalue weighted by Crippen LogP contribution is -2.62. The van der Waals surface area contributed by atoms with Gasteiger partial charge in [0, 0.05) is 10.7 Å². The fourth-order valence-corrected chi connectivity index (χ4v) is 4.85. The van der Waals surface area contributed by atoms with Crippen LogP contribution in [-0.4, -0.2) is 29.2 Å². The van der Waals surface area contributed by atoms with E-state index < -0.39 is 4.20 Å². The Bertz CT molecular complexity index is 568. The lowest BCUT2D eigenvalue weighted by atomic mass is 10.0. The molecule has 3 nitrogen and oxygen atoms in total. The van der Waals surface area contributed by atoms with Crippen molar-refractivity contribution in [2.45, 2.75) is 18.1 Å². The number of hydrogen-bond donors (Lipinski definition) is 0. The first kappa shape index (κ1) is 16.6. The van der Waals surface area contributed by atoms with Crippen molar-refractivity contribution in [3.05, 3.63) is 40.6 Å². The largest absolute Gasteiger partial charge is 0.498 e. The molecular weight excluding hydrogens is 326 g/mol. The molecule has 114 valence electrons. The van der Waals surface area contributed by atoms with Gasteiger partial charge >= 0.3 is 0 Å². The van der Waals surface area contributed by atoms with Gasteiger partial charge in [-0.25, -0.2) is 0 Å². The van der Waals surface area contributed by atoms with Crippen molar-refractivity contribution >= 4 is 46.7 Å². The van der Waals surface area contributed by atoms with Gasteiger partial charge in [-0.1, -0.05) is 11.6 Å². The van der Waals surface area contributed by atoms with Gasteiger partial charge in [0.2, 0.25) is 0 Å². The van der Waals surface area contributed by atoms with Crippen LogP contribution in [0.25, 0.3) is 0 Å². The number of hydrogen-bond acceptors (Lipinski definition) is 4. The van der Waals surface area contributed by atoms with Crippen LogP contribution in [0.4, 0.5) is 5.69 Å². The minimum absolute atomic E-state index is 0.00743. The standard InChI is InChI=1S/C15H18ClNO2S2/c1-5-19-10(2)13-14(18)17(15(13,20-3)21-4)12-8-6-11(16)7-9-12/h6-9H,5H2,1-4H3/b13-10+. The van der Waals surface area contributed by atoms with E-state index in [-0.39, 0.29) is 5.91 Å². The second-order valence-electron chi connectivity index (χ2n) is 4.47. The third kappa shape index (κ3) is 2.67. The van der Waals surface area contributed by atoms with Crippen molar-refractivity contribution in [3.63, 3.8) is 0 Å². The zero-order chi connectivity index (χ0) is 15.6. The van der Waals surface area contributed by atoms with Gasteiger partial charge in [-0.3, -0.25) is 9.69 Å². The van der Waals surface area contributed by atoms with Crippen LogP contribution in [0.5, 0.6) is 0 Å². The molecule has 0 aliphatic carbocycles. The van der Waals surface area contributed by atoms with Gasteiger partial charge in [0.05, 0.1) is 6.61 Å². The molecule has 1 aliphatic rings. The number of amides is 1. The zero-order valence-electron chi connectivity index (χ0n) is 12.5. The minimum Gasteiger partial charge on any atom is -0.498 e. The number of anilines is 1. The molecule has 1 saturated heterocycles. The van der Waals surface area contributed by atoms with Crippen molar-refractivity contribution < 1.29 is 9.53 Å². The summed E-state index contributed by atoms with van der Waals surface area (Å²) in [4.78, 5) is 14.4. The molecule has 6 heteroatoms. The van der Waals surface area contributed by atoms with E-state index >= 15 is 0 Å². The monoisotopic (exact) mass is 343 g/mol. The Morgan fingerprint density at radius 1 is 1.29 bits per heavy atom. The van der Waals surface area contributed by atoms with Crippen molar-refractivity contribution in [2.75, 3.05) is 24.0 Å². The van der Waals surface area contributed by atoms with E-state index in [1.807, 2.05) is 38.5 Å². The predicted molar refractivity (Wildman–Crippen MR) is 93.0 cm³/mol. The molecule has 0 N–H and O–H groups in total. The molecule has 1 fully saturated rings. The highest BCUT2D eigenvalue weighted by atomic mass is 35.5. The maximum absolute atomic E-state index is 12.6. The second kappa shape index (κ2) is 6.55. The van der Waals surface area contributed by atoms with E-state index in [1.165, 1.54) is 0 Å². The number of rotatable bonds is 5. The molecule has 1 aromatic rings. The molecule has 1 aliphatic heterocycles. The second-order valence-corrected chi connectivity index (χ2v) is 7.16. The van der Waals surface area contributed by atoms with Crippen LogP contribution in [-0.2, 0) is 9.53 Å². The van der Waals surface area contributed by atoms with Crippen molar-refractivity contribution in [1.29, 1.82) is 0 Å². The molecule has 1 amide bonds. The van der Waals surface area contributed by atoms with Crippen LogP contribution in [0.3, 0.4) is 0 Å². The summed E-state index contributed by atoms with van der Waals surface area (Å²) in [6, 6.07) is 7.34. The highest BCUT2D eigenvalue weighted by Crippen LogP contribution is 2.55. The number of carbonyl (C=O) groups excluding carboxylic acids is 1. The number of allylic oxidation sites excluding steroid dienone is 1. The molecule has 1 heterocycles. The van der Waals surface area contributed by atoms with E-state index in [0.717, 1.165) is 11.3 Å². The predicted octanol–water partition coefficient (Wildman–Crippen LogP) is 4.38. The van der Waals surface area contributed by atoms with E-state index in [4.69, 9.17) is 16.3 Å². The number of thioether (sulfide) groups is 2. The van der Waals surface area contributed by atoms with E-state index in [0.29, 0.717) is 17.4 Å². The summed E-state index contributed by atoms with van der Waals surface area (Å²) < 4.78 is 5.12. The quantitative estimate of drug-likeness (QED) is 0.343. The summed E-state index contributed by atoms with van der Waals surface area (Å²) in [5, 5.41) is 0.659. The lowest BCUT2D eigenvalue weighted by molar-refractivity contribution is -0.118. The summed E-state index contributed by atoms with van der Waals surface area (Å²) in [6.07, 6.45) is 4.01. The molecule has 0 spiro atoms. The van der Waals surface area contributed by atoms with Gasteiger partial charge in [-0.2, -0.15) is 0 Å². The Balaban J connectivity index is 2.46. The number of ether oxygens (including phenoxy) is 1. The first-order valence-corrected chi connectivity index (χ1v) is 9.39. The first-order valence-electron chi connectivity index (χ1n) is 6.56. The minimum atomic E-state index is -0.440. The van der Waals surface area contributed by atoms with Gasteiger partial charge in [-0.15, -0.1) is 23.5 Å². The highest BCUT2D eigenvalue weighted by molar-refractivity contribution is 8.18. The molecule has 2 rings (SSSR count). The Labute approximate surface area is 139 Å². The average Bonchev–Trinajstić information content (AvgIpc) is 2.47. The topological polar surface area (TPSA) is 29.5 Å². The summed E-state index contributed by atoms with van der Waals surface area (Å²) in [5.74, 6) is 0.698. The van der Waals surface area contributed by atoms with E-state index in [1.54, 1.807) is 40.6 Å². The smallest absolute Gasteiger partial charge is 0.263 e. The van der Waals surface area contributed by atoms with Crippen LogP contribution < -0.4 is 4.90 Å². The summed E-state index contributed by atoms with van der Waals surface area (Å²) in [7, 11) is 0. The Hall–Kier alpha value is -0.780. The lowest BCUT2D eigenvalue weighted by Gasteiger charge is -2.51. The summed E-state index contributed by atoms with van der Waals surface area (Å²) in [5.41, 5.74) is 1.58. The molecule has 21 heavy (non-hydrogen) atoms. The maximum Gasteiger partial charge on any atom is 0.263 e. The molecule has 0 bridgehead atoms. The van der Waals surface area contributed by atoms with Crippen LogP contribution in [0.1, 0.15) is 13.8 Å². The normalized spacial score (nSPS) is 19.3. The van der Waals surface area contributed by atoms with Crippen molar-refractivity contribution in [3.8, 4) is 0 Å². The Morgan fingerprint density at radius 2 is 1.86 bits per heavy atom. The molecule has 0 radical (unpaired) electrons. The third-order valence-electron chi connectivity index (χ3n) is 3.38. The van der Waals surface area contributed by atoms with E-state index in [2.05, 4.69) is 0 Å². The zero-order valence-corrected chi connectivity index (χ0v) is 14.9. The van der Waals surface area contributed by atoms with Gasteiger partial charge in [0.1, 0.15) is 11.3 Å². The highest BCUT2D eigenvalue weighted by Gasteiger charge is 2.58. The van der Waals surface area contributed by atoms with Gasteiger partial charge < -0.3 is 4.74 Å². The van der Waals surface area contributed by atoms with Crippen molar-refractivity contribution in [1.82, 2.24) is 0 Å². The fraction of sp³-hybridized carbons (Fsp3) is 0.400. The maximum atomic E-state index is 12.6. The summed E-state index contributed by atoms with van der Waals surface area (Å²) >= 11 is 9.19. The molecule has 0 unspecified atom stereocenters. The number of halogens is 1. The molecule has 0 atom stereocenters. The van der Waals surface area contributed by atoms with Crippen LogP contribution in [0, 0.1) is 0 Å². The van der Waals surface area contributed by atoms with Crippen molar-refractivity contribution in [2.24, 2.45) is 0 Å². The Kier molecular flexibility index (Phi) is 5.17. The number of nitrogens with zero attached hydrogens (tertiary/aromatic N) is 1. The Morgan fingerprint density at radius 3 is 2.33 bits per heavy atom. The molecule has 0 aromatic heterocycles. The number of carbonyl (C=O) groups is 1. The molecular formula is C15H18ClNO2S2. The first-order chi connectivity index (χ1) is 10.0. The average molecular weight is 344 g/mol. The third-order valence-corrected chi connectivity index (χ3v) is 6.51. The van der Waals surface area contributed by atoms with Gasteiger partial charge in [0.25, 0.3) is 5.91 Å². The fourth-order valence-electron chi connectivity index (χ4n) is 2.45. The van der Waals surface area contributed by atoms with Gasteiger partial charge in [0.15, 0.2) is 4.20 Å². The molecule has 1 aromatic carbocycles. The van der Waals surface area contributed by atoms with Crippen LogP contribution in [0.2, 0.25) is 5.02 Å². The number of β-lactam (4-membered cyclic amide) rings is 1. The SMILES string of the molecule is CCO/C(C)=C1\C(=O)N(c2ccc(Cl)cc2)C1(SC)SC. The van der Waals surface area contributed by atoms with Crippen LogP contribution in [0.15, 0.2) is 35.6 Å². The molecule has 0 saturated carbocycles.